The molecule has 3 aromatic heterocycles. The SMILES string of the molecule is COc1cnc2ccc(-c3c[nH]c4nc(N5[C@@H]6CC[C@H]5C[C@@H](N)C6)cnc34)c(Cl)c2n1. The molecule has 3 N–H and O–H groups in total. The molecule has 0 spiro atoms. The number of methoxy groups -OCH3 is 1. The number of halogens is 1. The van der Waals surface area contributed by atoms with E-state index in [0.717, 1.165) is 41.0 Å². The molecular weight excluding hydrogens is 414 g/mol. The molecule has 3 atom stereocenters. The number of aromatic nitrogens is 5. The van der Waals surface area contributed by atoms with Crippen LogP contribution < -0.4 is 15.4 Å². The third-order valence-corrected chi connectivity index (χ3v) is 6.92. The van der Waals surface area contributed by atoms with E-state index in [1.807, 2.05) is 24.5 Å². The number of hydrogen-bond acceptors (Lipinski definition) is 7. The number of nitrogens with zero attached hydrogens (tertiary/aromatic N) is 5. The first-order valence-electron chi connectivity index (χ1n) is 10.5. The average Bonchev–Trinajstić information content (AvgIpc) is 3.32. The van der Waals surface area contributed by atoms with Gasteiger partial charge in [0.05, 0.1) is 30.0 Å². The Bertz CT molecular complexity index is 1290. The molecule has 1 aromatic carbocycles. The number of rotatable bonds is 3. The van der Waals surface area contributed by atoms with E-state index in [1.54, 1.807) is 13.3 Å². The molecule has 2 aliphatic rings. The predicted octanol–water partition coefficient (Wildman–Crippen LogP) is 3.69. The molecule has 9 heteroatoms. The minimum Gasteiger partial charge on any atom is -0.480 e. The minimum absolute atomic E-state index is 0.291. The Morgan fingerprint density at radius 3 is 2.65 bits per heavy atom. The van der Waals surface area contributed by atoms with Crippen LogP contribution in [0.25, 0.3) is 33.3 Å². The van der Waals surface area contributed by atoms with Crippen LogP contribution in [0.5, 0.6) is 5.88 Å². The number of nitrogens with one attached hydrogen (secondary N) is 1. The number of benzene rings is 1. The maximum absolute atomic E-state index is 6.74. The fraction of sp³-hybridized carbons (Fsp3) is 0.364. The minimum atomic E-state index is 0.291. The summed E-state index contributed by atoms with van der Waals surface area (Å²) in [6.07, 6.45) is 9.73. The standard InChI is InChI=1S/C22H22ClN7O/c1-31-18-10-25-16-5-4-14(19(23)21(16)29-18)15-8-27-22-20(15)26-9-17(28-22)30-12-2-3-13(30)7-11(24)6-12/h4-5,8-13H,2-3,6-7,24H2,1H3,(H,27,28)/t11-,12+,13-. The molecule has 4 aromatic rings. The molecule has 2 saturated heterocycles. The van der Waals surface area contributed by atoms with E-state index in [-0.39, 0.29) is 0 Å². The van der Waals surface area contributed by atoms with Gasteiger partial charge in [0.1, 0.15) is 16.9 Å². The van der Waals surface area contributed by atoms with Crippen LogP contribution in [0.1, 0.15) is 25.7 Å². The van der Waals surface area contributed by atoms with Gasteiger partial charge in [0, 0.05) is 35.4 Å². The first-order chi connectivity index (χ1) is 15.1. The van der Waals surface area contributed by atoms with Crippen molar-refractivity contribution in [3.05, 3.63) is 35.7 Å². The van der Waals surface area contributed by atoms with Crippen molar-refractivity contribution >= 4 is 39.6 Å². The summed E-state index contributed by atoms with van der Waals surface area (Å²) >= 11 is 6.74. The highest BCUT2D eigenvalue weighted by Gasteiger charge is 2.40. The summed E-state index contributed by atoms with van der Waals surface area (Å²) in [5.41, 5.74) is 10.8. The molecule has 0 radical (unpaired) electrons. The van der Waals surface area contributed by atoms with Gasteiger partial charge < -0.3 is 20.4 Å². The molecule has 8 nitrogen and oxygen atoms in total. The monoisotopic (exact) mass is 435 g/mol. The second-order valence-electron chi connectivity index (χ2n) is 8.36. The number of aromatic amines is 1. The zero-order valence-corrected chi connectivity index (χ0v) is 17.8. The van der Waals surface area contributed by atoms with Crippen molar-refractivity contribution in [2.24, 2.45) is 5.73 Å². The van der Waals surface area contributed by atoms with E-state index in [1.165, 1.54) is 12.8 Å². The molecule has 5 heterocycles. The highest BCUT2D eigenvalue weighted by atomic mass is 35.5. The number of anilines is 1. The van der Waals surface area contributed by atoms with Crippen molar-refractivity contribution in [2.45, 2.75) is 43.8 Å². The Hall–Kier alpha value is -2.97. The molecular formula is C22H22ClN7O. The largest absolute Gasteiger partial charge is 0.480 e. The summed E-state index contributed by atoms with van der Waals surface area (Å²) in [7, 11) is 1.56. The molecule has 0 saturated carbocycles. The maximum Gasteiger partial charge on any atom is 0.232 e. The van der Waals surface area contributed by atoms with Crippen LogP contribution in [0.15, 0.2) is 30.7 Å². The summed E-state index contributed by atoms with van der Waals surface area (Å²) in [4.78, 5) is 24.2. The van der Waals surface area contributed by atoms with Crippen LogP contribution in [0, 0.1) is 0 Å². The number of hydrogen-bond donors (Lipinski definition) is 2. The summed E-state index contributed by atoms with van der Waals surface area (Å²) in [6.45, 7) is 0. The van der Waals surface area contributed by atoms with Crippen molar-refractivity contribution in [1.29, 1.82) is 0 Å². The van der Waals surface area contributed by atoms with Gasteiger partial charge in [-0.15, -0.1) is 0 Å². The Morgan fingerprint density at radius 2 is 1.87 bits per heavy atom. The Balaban J connectivity index is 1.42. The smallest absolute Gasteiger partial charge is 0.232 e. The summed E-state index contributed by atoms with van der Waals surface area (Å²) in [5, 5.41) is 0.513. The zero-order valence-electron chi connectivity index (χ0n) is 17.0. The second-order valence-corrected chi connectivity index (χ2v) is 8.74. The third kappa shape index (κ3) is 2.93. The lowest BCUT2D eigenvalue weighted by Gasteiger charge is -2.38. The van der Waals surface area contributed by atoms with Crippen LogP contribution in [-0.2, 0) is 0 Å². The first-order valence-corrected chi connectivity index (χ1v) is 10.9. The van der Waals surface area contributed by atoms with Gasteiger partial charge in [-0.1, -0.05) is 17.7 Å². The lowest BCUT2D eigenvalue weighted by molar-refractivity contribution is 0.397. The Morgan fingerprint density at radius 1 is 1.06 bits per heavy atom. The number of piperidine rings is 1. The topological polar surface area (TPSA) is 106 Å². The quantitative estimate of drug-likeness (QED) is 0.505. The fourth-order valence-electron chi connectivity index (χ4n) is 5.14. The highest BCUT2D eigenvalue weighted by Crippen LogP contribution is 2.40. The molecule has 31 heavy (non-hydrogen) atoms. The second kappa shape index (κ2) is 7.03. The lowest BCUT2D eigenvalue weighted by atomic mass is 9.98. The molecule has 2 bridgehead atoms. The van der Waals surface area contributed by atoms with Crippen LogP contribution in [-0.4, -0.2) is 50.2 Å². The normalized spacial score (nSPS) is 23.1. The van der Waals surface area contributed by atoms with Gasteiger partial charge in [-0.05, 0) is 31.7 Å². The molecule has 0 unspecified atom stereocenters. The van der Waals surface area contributed by atoms with Crippen molar-refractivity contribution in [3.8, 4) is 17.0 Å². The highest BCUT2D eigenvalue weighted by molar-refractivity contribution is 6.38. The van der Waals surface area contributed by atoms with Gasteiger partial charge in [0.2, 0.25) is 5.88 Å². The summed E-state index contributed by atoms with van der Waals surface area (Å²) in [6, 6.07) is 5.05. The predicted molar refractivity (Wildman–Crippen MR) is 120 cm³/mol. The molecule has 2 fully saturated rings. The lowest BCUT2D eigenvalue weighted by Crippen LogP contribution is -2.47. The number of H-pyrrole nitrogens is 1. The fourth-order valence-corrected chi connectivity index (χ4v) is 5.45. The van der Waals surface area contributed by atoms with E-state index in [4.69, 9.17) is 32.0 Å². The van der Waals surface area contributed by atoms with Gasteiger partial charge >= 0.3 is 0 Å². The number of fused-ring (bicyclic) bond motifs is 4. The van der Waals surface area contributed by atoms with Gasteiger partial charge in [0.25, 0.3) is 0 Å². The van der Waals surface area contributed by atoms with Gasteiger partial charge in [-0.2, -0.15) is 0 Å². The summed E-state index contributed by atoms with van der Waals surface area (Å²) in [5.74, 6) is 1.34. The molecule has 158 valence electrons. The van der Waals surface area contributed by atoms with Crippen LogP contribution >= 0.6 is 11.6 Å². The molecule has 6 rings (SSSR count). The zero-order chi connectivity index (χ0) is 21.1. The Kier molecular flexibility index (Phi) is 4.26. The number of nitrogens with two attached hydrogens (primary N) is 1. The van der Waals surface area contributed by atoms with E-state index < -0.39 is 0 Å². The van der Waals surface area contributed by atoms with E-state index in [0.29, 0.717) is 40.1 Å². The van der Waals surface area contributed by atoms with Crippen molar-refractivity contribution < 1.29 is 4.74 Å². The molecule has 2 aliphatic heterocycles. The third-order valence-electron chi connectivity index (χ3n) is 6.53. The van der Waals surface area contributed by atoms with Crippen molar-refractivity contribution in [2.75, 3.05) is 12.0 Å². The Labute approximate surface area is 183 Å². The van der Waals surface area contributed by atoms with Crippen LogP contribution in [0.2, 0.25) is 5.02 Å². The van der Waals surface area contributed by atoms with Crippen molar-refractivity contribution in [3.63, 3.8) is 0 Å². The van der Waals surface area contributed by atoms with E-state index in [9.17, 15) is 0 Å². The van der Waals surface area contributed by atoms with Crippen molar-refractivity contribution in [1.82, 2.24) is 24.9 Å². The van der Waals surface area contributed by atoms with E-state index in [2.05, 4.69) is 19.9 Å². The molecule has 0 amide bonds. The van der Waals surface area contributed by atoms with Crippen LogP contribution in [0.4, 0.5) is 5.82 Å². The number of ether oxygens (including phenoxy) is 1. The maximum atomic E-state index is 6.74. The van der Waals surface area contributed by atoms with Gasteiger partial charge in [-0.25, -0.2) is 19.9 Å². The average molecular weight is 436 g/mol. The van der Waals surface area contributed by atoms with Crippen LogP contribution in [0.3, 0.4) is 0 Å². The van der Waals surface area contributed by atoms with Gasteiger partial charge in [-0.3, -0.25) is 0 Å². The summed E-state index contributed by atoms with van der Waals surface area (Å²) < 4.78 is 5.20. The first kappa shape index (κ1) is 18.8. The van der Waals surface area contributed by atoms with Gasteiger partial charge in [0.15, 0.2) is 5.65 Å². The van der Waals surface area contributed by atoms with E-state index >= 15 is 0 Å². The molecule has 0 aliphatic carbocycles.